The molecule has 2 aromatic carbocycles. The maximum atomic E-state index is 13.7. The molecule has 0 unspecified atom stereocenters. The zero-order valence-electron chi connectivity index (χ0n) is 14.8. The standard InChI is InChI=1S/C19H20FNO4S/c1-23-15-6-5-12(17(24-2)18(15)25-3)19(22)21-14-8-9-26-16-7-4-11(20)10-13(14)16/h4-7,10,14H,8-9H2,1-3H3,(H,21,22)/t14-/m0/s1. The molecular formula is C19H20FNO4S. The molecule has 1 atom stereocenters. The Morgan fingerprint density at radius 3 is 2.58 bits per heavy atom. The first kappa shape index (κ1) is 18.4. The molecule has 0 radical (unpaired) electrons. The Morgan fingerprint density at radius 1 is 1.12 bits per heavy atom. The summed E-state index contributed by atoms with van der Waals surface area (Å²) in [6, 6.07) is 7.70. The Bertz CT molecular complexity index is 827. The molecule has 0 spiro atoms. The molecule has 0 aromatic heterocycles. The van der Waals surface area contributed by atoms with E-state index in [2.05, 4.69) is 5.32 Å². The van der Waals surface area contributed by atoms with E-state index in [0.29, 0.717) is 22.8 Å². The van der Waals surface area contributed by atoms with Crippen LogP contribution in [0.4, 0.5) is 4.39 Å². The van der Waals surface area contributed by atoms with Crippen LogP contribution in [-0.2, 0) is 0 Å². The van der Waals surface area contributed by atoms with Gasteiger partial charge in [-0.1, -0.05) is 0 Å². The summed E-state index contributed by atoms with van der Waals surface area (Å²) in [6.07, 6.45) is 0.725. The monoisotopic (exact) mass is 377 g/mol. The third-order valence-corrected chi connectivity index (χ3v) is 5.39. The normalized spacial score (nSPS) is 15.8. The lowest BCUT2D eigenvalue weighted by Gasteiger charge is -2.26. The van der Waals surface area contributed by atoms with Gasteiger partial charge in [0.15, 0.2) is 11.5 Å². The van der Waals surface area contributed by atoms with Gasteiger partial charge in [0.2, 0.25) is 5.75 Å². The Hall–Kier alpha value is -2.41. The predicted molar refractivity (Wildman–Crippen MR) is 98.0 cm³/mol. The maximum Gasteiger partial charge on any atom is 0.255 e. The van der Waals surface area contributed by atoms with E-state index >= 15 is 0 Å². The topological polar surface area (TPSA) is 56.8 Å². The molecule has 0 saturated heterocycles. The van der Waals surface area contributed by atoms with Crippen molar-refractivity contribution in [3.8, 4) is 17.2 Å². The van der Waals surface area contributed by atoms with Crippen molar-refractivity contribution >= 4 is 17.7 Å². The average molecular weight is 377 g/mol. The molecule has 1 N–H and O–H groups in total. The van der Waals surface area contributed by atoms with Crippen LogP contribution in [0.15, 0.2) is 35.2 Å². The fraction of sp³-hybridized carbons (Fsp3) is 0.316. The highest BCUT2D eigenvalue weighted by molar-refractivity contribution is 7.99. The van der Waals surface area contributed by atoms with E-state index in [4.69, 9.17) is 14.2 Å². The molecule has 0 saturated carbocycles. The molecular weight excluding hydrogens is 357 g/mol. The number of hydrogen-bond donors (Lipinski definition) is 1. The van der Waals surface area contributed by atoms with Crippen LogP contribution in [0.3, 0.4) is 0 Å². The van der Waals surface area contributed by atoms with Crippen LogP contribution < -0.4 is 19.5 Å². The highest BCUT2D eigenvalue weighted by atomic mass is 32.2. The van der Waals surface area contributed by atoms with Crippen molar-refractivity contribution in [3.63, 3.8) is 0 Å². The number of hydrogen-bond acceptors (Lipinski definition) is 5. The van der Waals surface area contributed by atoms with Crippen LogP contribution in [0.2, 0.25) is 0 Å². The van der Waals surface area contributed by atoms with E-state index in [1.54, 1.807) is 30.0 Å². The van der Waals surface area contributed by atoms with E-state index in [1.165, 1.54) is 33.5 Å². The molecule has 1 aliphatic rings. The van der Waals surface area contributed by atoms with E-state index in [0.717, 1.165) is 22.6 Å². The zero-order chi connectivity index (χ0) is 18.7. The van der Waals surface area contributed by atoms with Gasteiger partial charge in [-0.3, -0.25) is 4.79 Å². The number of carbonyl (C=O) groups is 1. The lowest BCUT2D eigenvalue weighted by molar-refractivity contribution is 0.0931. The quantitative estimate of drug-likeness (QED) is 0.859. The van der Waals surface area contributed by atoms with Gasteiger partial charge in [-0.15, -0.1) is 11.8 Å². The summed E-state index contributed by atoms with van der Waals surface area (Å²) in [6.45, 7) is 0. The Balaban J connectivity index is 1.91. The molecule has 26 heavy (non-hydrogen) atoms. The molecule has 2 aromatic rings. The van der Waals surface area contributed by atoms with Gasteiger partial charge in [-0.25, -0.2) is 4.39 Å². The fourth-order valence-electron chi connectivity index (χ4n) is 3.03. The van der Waals surface area contributed by atoms with Gasteiger partial charge >= 0.3 is 0 Å². The molecule has 3 rings (SSSR count). The van der Waals surface area contributed by atoms with Crippen LogP contribution in [0, 0.1) is 5.82 Å². The smallest absolute Gasteiger partial charge is 0.255 e. The van der Waals surface area contributed by atoms with Gasteiger partial charge < -0.3 is 19.5 Å². The highest BCUT2D eigenvalue weighted by Gasteiger charge is 2.26. The van der Waals surface area contributed by atoms with Gasteiger partial charge in [0, 0.05) is 10.6 Å². The Labute approximate surface area is 155 Å². The Kier molecular flexibility index (Phi) is 5.56. The van der Waals surface area contributed by atoms with Crippen molar-refractivity contribution in [2.45, 2.75) is 17.4 Å². The molecule has 0 fully saturated rings. The first-order chi connectivity index (χ1) is 12.6. The summed E-state index contributed by atoms with van der Waals surface area (Å²) in [7, 11) is 4.47. The van der Waals surface area contributed by atoms with Gasteiger partial charge in [-0.05, 0) is 42.3 Å². The minimum absolute atomic E-state index is 0.257. The molecule has 5 nitrogen and oxygen atoms in total. The first-order valence-corrected chi connectivity index (χ1v) is 9.09. The van der Waals surface area contributed by atoms with Crippen LogP contribution in [-0.4, -0.2) is 33.0 Å². The molecule has 0 bridgehead atoms. The number of fused-ring (bicyclic) bond motifs is 1. The van der Waals surface area contributed by atoms with Gasteiger partial charge in [0.25, 0.3) is 5.91 Å². The van der Waals surface area contributed by atoms with Crippen molar-refractivity contribution < 1.29 is 23.4 Å². The molecule has 0 aliphatic carbocycles. The summed E-state index contributed by atoms with van der Waals surface area (Å²) < 4.78 is 29.6. The van der Waals surface area contributed by atoms with Crippen molar-refractivity contribution in [2.24, 2.45) is 0 Å². The number of amides is 1. The maximum absolute atomic E-state index is 13.7. The number of methoxy groups -OCH3 is 3. The second-order valence-corrected chi connectivity index (χ2v) is 6.86. The second kappa shape index (κ2) is 7.86. The lowest BCUT2D eigenvalue weighted by Crippen LogP contribution is -2.31. The third kappa shape index (κ3) is 3.44. The summed E-state index contributed by atoms with van der Waals surface area (Å²) >= 11 is 1.66. The molecule has 7 heteroatoms. The van der Waals surface area contributed by atoms with E-state index < -0.39 is 0 Å². The molecule has 1 aliphatic heterocycles. The summed E-state index contributed by atoms with van der Waals surface area (Å²) in [5.74, 6) is 1.36. The number of benzene rings is 2. The van der Waals surface area contributed by atoms with Crippen LogP contribution in [0.5, 0.6) is 17.2 Å². The second-order valence-electron chi connectivity index (χ2n) is 5.73. The van der Waals surface area contributed by atoms with Crippen LogP contribution >= 0.6 is 11.8 Å². The number of carbonyl (C=O) groups excluding carboxylic acids is 1. The fourth-order valence-corrected chi connectivity index (χ4v) is 4.14. The number of halogens is 1. The van der Waals surface area contributed by atoms with Gasteiger partial charge in [0.1, 0.15) is 5.82 Å². The third-order valence-electron chi connectivity index (χ3n) is 4.27. The zero-order valence-corrected chi connectivity index (χ0v) is 15.6. The largest absolute Gasteiger partial charge is 0.493 e. The predicted octanol–water partition coefficient (Wildman–Crippen LogP) is 3.82. The average Bonchev–Trinajstić information content (AvgIpc) is 2.66. The first-order valence-electron chi connectivity index (χ1n) is 8.11. The number of thioether (sulfide) groups is 1. The highest BCUT2D eigenvalue weighted by Crippen LogP contribution is 2.41. The van der Waals surface area contributed by atoms with E-state index in [1.807, 2.05) is 0 Å². The number of rotatable bonds is 5. The van der Waals surface area contributed by atoms with Crippen molar-refractivity contribution in [1.29, 1.82) is 0 Å². The van der Waals surface area contributed by atoms with E-state index in [9.17, 15) is 9.18 Å². The summed E-state index contributed by atoms with van der Waals surface area (Å²) in [5, 5.41) is 2.99. The van der Waals surface area contributed by atoms with Crippen molar-refractivity contribution in [2.75, 3.05) is 27.1 Å². The van der Waals surface area contributed by atoms with E-state index in [-0.39, 0.29) is 17.8 Å². The molecule has 1 heterocycles. The SMILES string of the molecule is COc1ccc(C(=O)N[C@H]2CCSc3ccc(F)cc32)c(OC)c1OC. The van der Waals surface area contributed by atoms with Gasteiger partial charge in [0.05, 0.1) is 32.9 Å². The summed E-state index contributed by atoms with van der Waals surface area (Å²) in [4.78, 5) is 13.9. The molecule has 1 amide bonds. The number of ether oxygens (including phenoxy) is 3. The molecule has 138 valence electrons. The number of nitrogens with one attached hydrogen (secondary N) is 1. The van der Waals surface area contributed by atoms with Crippen LogP contribution in [0.25, 0.3) is 0 Å². The minimum atomic E-state index is -0.311. The Morgan fingerprint density at radius 2 is 1.88 bits per heavy atom. The van der Waals surface area contributed by atoms with Gasteiger partial charge in [-0.2, -0.15) is 0 Å². The lowest BCUT2D eigenvalue weighted by atomic mass is 10.0. The minimum Gasteiger partial charge on any atom is -0.493 e. The summed E-state index contributed by atoms with van der Waals surface area (Å²) in [5.41, 5.74) is 1.13. The van der Waals surface area contributed by atoms with Crippen LogP contribution in [0.1, 0.15) is 28.4 Å². The van der Waals surface area contributed by atoms with Crippen molar-refractivity contribution in [3.05, 3.63) is 47.3 Å². The van der Waals surface area contributed by atoms with Crippen molar-refractivity contribution in [1.82, 2.24) is 5.32 Å².